The summed E-state index contributed by atoms with van der Waals surface area (Å²) in [5, 5.41) is 0. The van der Waals surface area contributed by atoms with E-state index in [-0.39, 0.29) is 12.0 Å². The molecule has 104 valence electrons. The molecule has 2 bridgehead atoms. The normalized spacial score (nSPS) is 44.4. The molecular formula is C17H19NO2. The van der Waals surface area contributed by atoms with Gasteiger partial charge in [-0.15, -0.1) is 0 Å². The molecule has 0 unspecified atom stereocenters. The fourth-order valence-corrected chi connectivity index (χ4v) is 5.01. The van der Waals surface area contributed by atoms with Gasteiger partial charge in [-0.05, 0) is 30.2 Å². The fraction of sp³-hybridized carbons (Fsp3) is 0.588. The Balaban J connectivity index is 1.39. The van der Waals surface area contributed by atoms with Gasteiger partial charge in [-0.25, -0.2) is 0 Å². The van der Waals surface area contributed by atoms with Crippen molar-refractivity contribution in [2.24, 2.45) is 23.7 Å². The van der Waals surface area contributed by atoms with Crippen LogP contribution in [0.2, 0.25) is 0 Å². The van der Waals surface area contributed by atoms with Gasteiger partial charge in [-0.1, -0.05) is 30.3 Å². The number of likely N-dealkylation sites (tertiary alicyclic amines) is 1. The van der Waals surface area contributed by atoms with E-state index >= 15 is 0 Å². The van der Waals surface area contributed by atoms with Gasteiger partial charge in [-0.2, -0.15) is 0 Å². The number of rotatable bonds is 2. The van der Waals surface area contributed by atoms with Gasteiger partial charge in [-0.3, -0.25) is 4.79 Å². The molecule has 20 heavy (non-hydrogen) atoms. The summed E-state index contributed by atoms with van der Waals surface area (Å²) in [6.07, 6.45) is 3.23. The maximum Gasteiger partial charge on any atom is 0.229 e. The minimum atomic E-state index is 0.172. The van der Waals surface area contributed by atoms with E-state index in [1.54, 1.807) is 0 Å². The molecule has 6 atom stereocenters. The number of fused-ring (bicyclic) bond motifs is 8. The van der Waals surface area contributed by atoms with Crippen molar-refractivity contribution in [3.05, 3.63) is 35.9 Å². The van der Waals surface area contributed by atoms with Crippen LogP contribution in [0.25, 0.3) is 0 Å². The Hall–Kier alpha value is -1.35. The van der Waals surface area contributed by atoms with Crippen LogP contribution in [0, 0.1) is 23.7 Å². The van der Waals surface area contributed by atoms with Gasteiger partial charge in [0.2, 0.25) is 5.91 Å². The second-order valence-electron chi connectivity index (χ2n) is 6.86. The summed E-state index contributed by atoms with van der Waals surface area (Å²) in [4.78, 5) is 14.8. The van der Waals surface area contributed by atoms with Crippen molar-refractivity contribution in [1.29, 1.82) is 0 Å². The van der Waals surface area contributed by atoms with Crippen LogP contribution >= 0.6 is 0 Å². The van der Waals surface area contributed by atoms with Crippen molar-refractivity contribution in [1.82, 2.24) is 4.90 Å². The van der Waals surface area contributed by atoms with Crippen LogP contribution in [0.15, 0.2) is 30.3 Å². The lowest BCUT2D eigenvalue weighted by Gasteiger charge is -2.40. The van der Waals surface area contributed by atoms with Crippen LogP contribution in [-0.2, 0) is 16.1 Å². The van der Waals surface area contributed by atoms with E-state index in [0.29, 0.717) is 23.8 Å². The number of benzene rings is 1. The Labute approximate surface area is 118 Å². The molecule has 1 aliphatic carbocycles. The van der Waals surface area contributed by atoms with E-state index in [1.165, 1.54) is 18.4 Å². The SMILES string of the molecule is O=C1[C@@H]2[C@H](CN1Cc1ccccc1)[C@@H]1O[C@H]2[C@@H]2CC[C@@H]21. The van der Waals surface area contributed by atoms with Gasteiger partial charge in [0.1, 0.15) is 0 Å². The zero-order valence-corrected chi connectivity index (χ0v) is 11.4. The first-order valence-electron chi connectivity index (χ1n) is 7.81. The minimum absolute atomic E-state index is 0.172. The fourth-order valence-electron chi connectivity index (χ4n) is 5.01. The highest BCUT2D eigenvalue weighted by molar-refractivity contribution is 5.83. The molecule has 1 aromatic rings. The monoisotopic (exact) mass is 269 g/mol. The lowest BCUT2D eigenvalue weighted by molar-refractivity contribution is -0.134. The molecule has 0 radical (unpaired) electrons. The number of hydrogen-bond acceptors (Lipinski definition) is 2. The van der Waals surface area contributed by atoms with E-state index in [0.717, 1.165) is 19.0 Å². The molecule has 0 aromatic heterocycles. The predicted octanol–water partition coefficient (Wildman–Crippen LogP) is 2.07. The van der Waals surface area contributed by atoms with Crippen molar-refractivity contribution in [2.75, 3.05) is 6.54 Å². The standard InChI is InChI=1S/C17H19NO2/c19-17-14-13(15-11-6-7-12(11)16(14)20-15)9-18(17)8-10-4-2-1-3-5-10/h1-5,11-16H,6-9H2/t11-,12+,13-,14+,15+,16-/m0/s1. The Morgan fingerprint density at radius 1 is 1.05 bits per heavy atom. The van der Waals surface area contributed by atoms with E-state index < -0.39 is 0 Å². The highest BCUT2D eigenvalue weighted by Gasteiger charge is 2.67. The highest BCUT2D eigenvalue weighted by Crippen LogP contribution is 2.60. The molecule has 1 saturated carbocycles. The van der Waals surface area contributed by atoms with E-state index in [4.69, 9.17) is 4.74 Å². The molecule has 0 spiro atoms. The van der Waals surface area contributed by atoms with Crippen molar-refractivity contribution in [2.45, 2.75) is 31.6 Å². The number of hydrogen-bond donors (Lipinski definition) is 0. The number of ether oxygens (including phenoxy) is 1. The molecule has 0 N–H and O–H groups in total. The Morgan fingerprint density at radius 2 is 1.80 bits per heavy atom. The van der Waals surface area contributed by atoms with Gasteiger partial charge in [0.05, 0.1) is 18.1 Å². The highest BCUT2D eigenvalue weighted by atomic mass is 16.5. The van der Waals surface area contributed by atoms with Crippen LogP contribution < -0.4 is 0 Å². The third-order valence-corrected chi connectivity index (χ3v) is 6.02. The average Bonchev–Trinajstić information content (AvgIpc) is 2.99. The van der Waals surface area contributed by atoms with Crippen LogP contribution in [-0.4, -0.2) is 29.6 Å². The number of carbonyl (C=O) groups is 1. The molecule has 4 aliphatic rings. The van der Waals surface area contributed by atoms with Crippen molar-refractivity contribution >= 4 is 5.91 Å². The zero-order valence-electron chi connectivity index (χ0n) is 11.4. The summed E-state index contributed by atoms with van der Waals surface area (Å²) in [7, 11) is 0. The zero-order chi connectivity index (χ0) is 13.3. The summed E-state index contributed by atoms with van der Waals surface area (Å²) < 4.78 is 6.15. The van der Waals surface area contributed by atoms with Crippen LogP contribution in [0.3, 0.4) is 0 Å². The number of amides is 1. The first-order valence-corrected chi connectivity index (χ1v) is 7.81. The summed E-state index contributed by atoms with van der Waals surface area (Å²) in [6, 6.07) is 10.3. The average molecular weight is 269 g/mol. The van der Waals surface area contributed by atoms with Crippen molar-refractivity contribution in [3.8, 4) is 0 Å². The Bertz CT molecular complexity index is 557. The third-order valence-electron chi connectivity index (χ3n) is 6.02. The lowest BCUT2D eigenvalue weighted by atomic mass is 9.60. The molecule has 3 heteroatoms. The van der Waals surface area contributed by atoms with Gasteiger partial charge >= 0.3 is 0 Å². The van der Waals surface area contributed by atoms with Gasteiger partial charge in [0, 0.05) is 19.0 Å². The minimum Gasteiger partial charge on any atom is -0.373 e. The molecule has 3 heterocycles. The van der Waals surface area contributed by atoms with E-state index in [2.05, 4.69) is 17.0 Å². The second kappa shape index (κ2) is 3.85. The van der Waals surface area contributed by atoms with Crippen molar-refractivity contribution < 1.29 is 9.53 Å². The van der Waals surface area contributed by atoms with Crippen LogP contribution in [0.1, 0.15) is 18.4 Å². The molecule has 3 nitrogen and oxygen atoms in total. The maximum absolute atomic E-state index is 12.7. The van der Waals surface area contributed by atoms with E-state index in [9.17, 15) is 4.79 Å². The Kier molecular flexibility index (Phi) is 2.18. The Morgan fingerprint density at radius 3 is 2.55 bits per heavy atom. The second-order valence-corrected chi connectivity index (χ2v) is 6.86. The molecular weight excluding hydrogens is 250 g/mol. The summed E-state index contributed by atoms with van der Waals surface area (Å²) >= 11 is 0. The van der Waals surface area contributed by atoms with Gasteiger partial charge < -0.3 is 9.64 Å². The molecule has 4 fully saturated rings. The lowest BCUT2D eigenvalue weighted by Crippen LogP contribution is -2.45. The number of carbonyl (C=O) groups excluding carboxylic acids is 1. The third kappa shape index (κ3) is 1.32. The van der Waals surface area contributed by atoms with Gasteiger partial charge in [0.25, 0.3) is 0 Å². The summed E-state index contributed by atoms with van der Waals surface area (Å²) in [5.74, 6) is 2.45. The molecule has 1 aromatic carbocycles. The van der Waals surface area contributed by atoms with E-state index in [1.807, 2.05) is 18.2 Å². The topological polar surface area (TPSA) is 29.5 Å². The number of nitrogens with zero attached hydrogens (tertiary/aromatic N) is 1. The molecule has 3 aliphatic heterocycles. The first-order chi connectivity index (χ1) is 9.83. The summed E-state index contributed by atoms with van der Waals surface area (Å²) in [5.41, 5.74) is 1.23. The van der Waals surface area contributed by atoms with Crippen LogP contribution in [0.4, 0.5) is 0 Å². The quantitative estimate of drug-likeness (QED) is 0.822. The molecule has 1 amide bonds. The maximum atomic E-state index is 12.7. The largest absolute Gasteiger partial charge is 0.373 e. The van der Waals surface area contributed by atoms with Crippen molar-refractivity contribution in [3.63, 3.8) is 0 Å². The smallest absolute Gasteiger partial charge is 0.229 e. The molecule has 3 saturated heterocycles. The van der Waals surface area contributed by atoms with Gasteiger partial charge in [0.15, 0.2) is 0 Å². The first kappa shape index (κ1) is 11.3. The summed E-state index contributed by atoms with van der Waals surface area (Å²) in [6.45, 7) is 1.67. The van der Waals surface area contributed by atoms with Crippen LogP contribution in [0.5, 0.6) is 0 Å². The molecule has 5 rings (SSSR count). The predicted molar refractivity (Wildman–Crippen MR) is 73.7 cm³/mol.